The van der Waals surface area contributed by atoms with Crippen LogP contribution in [0.5, 0.6) is 5.75 Å². The summed E-state index contributed by atoms with van der Waals surface area (Å²) in [6.45, 7) is 3.82. The topological polar surface area (TPSA) is 65.7 Å². The van der Waals surface area contributed by atoms with Crippen molar-refractivity contribution in [1.29, 1.82) is 0 Å². The molecule has 0 aliphatic carbocycles. The lowest BCUT2D eigenvalue weighted by Gasteiger charge is -2.20. The molecule has 114 valence electrons. The molecule has 0 radical (unpaired) electrons. The van der Waals surface area contributed by atoms with E-state index in [1.165, 1.54) is 0 Å². The monoisotopic (exact) mass is 299 g/mol. The lowest BCUT2D eigenvalue weighted by Crippen LogP contribution is -2.25. The molecule has 1 aromatic carbocycles. The summed E-state index contributed by atoms with van der Waals surface area (Å²) in [6.07, 6.45) is 2.23. The van der Waals surface area contributed by atoms with E-state index in [9.17, 15) is 4.79 Å². The first kappa shape index (κ1) is 14.3. The number of nitrogens with zero attached hydrogens (tertiary/aromatic N) is 3. The fourth-order valence-corrected chi connectivity index (χ4v) is 2.72. The summed E-state index contributed by atoms with van der Waals surface area (Å²) in [6, 6.07) is 7.42. The smallest absolute Gasteiger partial charge is 0.168 e. The maximum atomic E-state index is 11.4. The normalized spacial score (nSPS) is 20.4. The van der Waals surface area contributed by atoms with Gasteiger partial charge in [0.25, 0.3) is 0 Å². The Labute approximate surface area is 128 Å². The second-order valence-corrected chi connectivity index (χ2v) is 5.21. The number of hydrogen-bond acceptors (Lipinski definition) is 5. The van der Waals surface area contributed by atoms with Gasteiger partial charge in [-0.1, -0.05) is 5.16 Å². The summed E-state index contributed by atoms with van der Waals surface area (Å²) in [5.74, 6) is 1.48. The van der Waals surface area contributed by atoms with Crippen molar-refractivity contribution in [2.24, 2.45) is 5.16 Å². The van der Waals surface area contributed by atoms with Gasteiger partial charge in [-0.3, -0.25) is 4.79 Å². The van der Waals surface area contributed by atoms with Gasteiger partial charge in [0.1, 0.15) is 23.3 Å². The van der Waals surface area contributed by atoms with Crippen molar-refractivity contribution >= 4 is 12.0 Å². The van der Waals surface area contributed by atoms with E-state index < -0.39 is 0 Å². The number of imidazole rings is 1. The zero-order chi connectivity index (χ0) is 15.7. The predicted molar refractivity (Wildman–Crippen MR) is 82.3 cm³/mol. The van der Waals surface area contributed by atoms with Crippen LogP contribution in [0.3, 0.4) is 0 Å². The highest BCUT2D eigenvalue weighted by Crippen LogP contribution is 2.31. The summed E-state index contributed by atoms with van der Waals surface area (Å²) in [5, 5.41) is 4.02. The van der Waals surface area contributed by atoms with Crippen molar-refractivity contribution in [2.75, 3.05) is 7.11 Å². The molecule has 2 unspecified atom stereocenters. The van der Waals surface area contributed by atoms with Crippen LogP contribution in [0.4, 0.5) is 0 Å². The fourth-order valence-electron chi connectivity index (χ4n) is 2.72. The number of aromatic nitrogens is 2. The Balaban J connectivity index is 2.10. The van der Waals surface area contributed by atoms with Gasteiger partial charge in [0.05, 0.1) is 19.0 Å². The molecular formula is C16H17N3O3. The summed E-state index contributed by atoms with van der Waals surface area (Å²) >= 11 is 0. The predicted octanol–water partition coefficient (Wildman–Crippen LogP) is 2.71. The van der Waals surface area contributed by atoms with E-state index in [4.69, 9.17) is 9.57 Å². The largest absolute Gasteiger partial charge is 0.497 e. The molecule has 0 N–H and O–H groups in total. The molecule has 2 aromatic rings. The van der Waals surface area contributed by atoms with Gasteiger partial charge in [0, 0.05) is 5.56 Å². The van der Waals surface area contributed by atoms with Crippen LogP contribution >= 0.6 is 0 Å². The van der Waals surface area contributed by atoms with Crippen molar-refractivity contribution < 1.29 is 14.4 Å². The van der Waals surface area contributed by atoms with Gasteiger partial charge >= 0.3 is 0 Å². The molecule has 6 heteroatoms. The third-order valence-electron chi connectivity index (χ3n) is 3.81. The third-order valence-corrected chi connectivity index (χ3v) is 3.81. The lowest BCUT2D eigenvalue weighted by molar-refractivity contribution is 0.0779. The molecule has 0 amide bonds. The van der Waals surface area contributed by atoms with E-state index >= 15 is 0 Å². The van der Waals surface area contributed by atoms with E-state index in [0.717, 1.165) is 23.3 Å². The number of carbonyl (C=O) groups excluding carboxylic acids is 1. The molecule has 2 atom stereocenters. The van der Waals surface area contributed by atoms with Gasteiger partial charge in [-0.15, -0.1) is 0 Å². The molecule has 1 aromatic heterocycles. The summed E-state index contributed by atoms with van der Waals surface area (Å²) < 4.78 is 7.05. The number of benzene rings is 1. The highest BCUT2D eigenvalue weighted by atomic mass is 16.6. The van der Waals surface area contributed by atoms with Gasteiger partial charge in [0.2, 0.25) is 0 Å². The number of ether oxygens (including phenoxy) is 1. The summed E-state index contributed by atoms with van der Waals surface area (Å²) in [7, 11) is 1.62. The fraction of sp³-hybridized carbons (Fsp3) is 0.312. The molecule has 6 nitrogen and oxygen atoms in total. The molecule has 1 aliphatic rings. The maximum Gasteiger partial charge on any atom is 0.168 e. The Kier molecular flexibility index (Phi) is 3.66. The highest BCUT2D eigenvalue weighted by Gasteiger charge is 2.33. The first-order valence-electron chi connectivity index (χ1n) is 7.03. The second kappa shape index (κ2) is 5.63. The molecule has 22 heavy (non-hydrogen) atoms. The Morgan fingerprint density at radius 3 is 2.59 bits per heavy atom. The minimum absolute atomic E-state index is 0.139. The van der Waals surface area contributed by atoms with Crippen molar-refractivity contribution in [1.82, 2.24) is 9.55 Å². The Morgan fingerprint density at radius 2 is 2.05 bits per heavy atom. The van der Waals surface area contributed by atoms with E-state index in [2.05, 4.69) is 10.1 Å². The first-order chi connectivity index (χ1) is 10.7. The van der Waals surface area contributed by atoms with Crippen LogP contribution < -0.4 is 4.74 Å². The number of methoxy groups -OCH3 is 1. The van der Waals surface area contributed by atoms with Gasteiger partial charge in [0.15, 0.2) is 12.4 Å². The van der Waals surface area contributed by atoms with Crippen LogP contribution in [0.2, 0.25) is 0 Å². The van der Waals surface area contributed by atoms with Crippen molar-refractivity contribution in [3.05, 3.63) is 36.2 Å². The quantitative estimate of drug-likeness (QED) is 0.814. The third kappa shape index (κ3) is 2.26. The van der Waals surface area contributed by atoms with Crippen LogP contribution in [-0.4, -0.2) is 34.8 Å². The molecule has 0 fully saturated rings. The van der Waals surface area contributed by atoms with Gasteiger partial charge in [-0.2, -0.15) is 0 Å². The Bertz CT molecular complexity index is 719. The SMILES string of the molecule is COc1ccc(-c2ncc(C=O)n2C2C(C)=NOC2C)cc1. The molecule has 3 rings (SSSR count). The van der Waals surface area contributed by atoms with E-state index in [1.54, 1.807) is 13.3 Å². The number of hydrogen-bond donors (Lipinski definition) is 0. The van der Waals surface area contributed by atoms with Gasteiger partial charge in [-0.25, -0.2) is 4.98 Å². The Morgan fingerprint density at radius 1 is 1.32 bits per heavy atom. The second-order valence-electron chi connectivity index (χ2n) is 5.21. The molecule has 1 aliphatic heterocycles. The average Bonchev–Trinajstić information content (AvgIpc) is 3.10. The van der Waals surface area contributed by atoms with Crippen LogP contribution in [0.1, 0.15) is 30.4 Å². The summed E-state index contributed by atoms with van der Waals surface area (Å²) in [5.41, 5.74) is 2.23. The molecule has 0 saturated carbocycles. The van der Waals surface area contributed by atoms with Crippen LogP contribution in [0.25, 0.3) is 11.4 Å². The number of oxime groups is 1. The molecule has 2 heterocycles. The standard InChI is InChI=1S/C16H17N3O3/c1-10-15(11(2)22-18-10)19-13(9-20)8-17-16(19)12-4-6-14(21-3)7-5-12/h4-9,11,15H,1-3H3. The van der Waals surface area contributed by atoms with Crippen LogP contribution in [0.15, 0.2) is 35.6 Å². The minimum Gasteiger partial charge on any atom is -0.497 e. The van der Waals surface area contributed by atoms with Crippen LogP contribution in [-0.2, 0) is 4.84 Å². The number of aldehydes is 1. The van der Waals surface area contributed by atoms with E-state index in [-0.39, 0.29) is 12.1 Å². The lowest BCUT2D eigenvalue weighted by atomic mass is 10.1. The van der Waals surface area contributed by atoms with Crippen molar-refractivity contribution in [3.63, 3.8) is 0 Å². The van der Waals surface area contributed by atoms with Crippen LogP contribution in [0, 0.1) is 0 Å². The molecular weight excluding hydrogens is 282 g/mol. The van der Waals surface area contributed by atoms with Crippen molar-refractivity contribution in [3.8, 4) is 17.1 Å². The summed E-state index contributed by atoms with van der Waals surface area (Å²) in [4.78, 5) is 21.1. The zero-order valence-electron chi connectivity index (χ0n) is 12.7. The number of rotatable bonds is 4. The molecule has 0 bridgehead atoms. The minimum atomic E-state index is -0.148. The molecule has 0 saturated heterocycles. The highest BCUT2D eigenvalue weighted by molar-refractivity contribution is 5.89. The van der Waals surface area contributed by atoms with Gasteiger partial charge in [-0.05, 0) is 38.1 Å². The first-order valence-corrected chi connectivity index (χ1v) is 7.03. The maximum absolute atomic E-state index is 11.4. The van der Waals surface area contributed by atoms with Crippen molar-refractivity contribution in [2.45, 2.75) is 26.0 Å². The number of carbonyl (C=O) groups is 1. The van der Waals surface area contributed by atoms with E-state index in [0.29, 0.717) is 11.5 Å². The zero-order valence-corrected chi connectivity index (χ0v) is 12.7. The van der Waals surface area contributed by atoms with E-state index in [1.807, 2.05) is 42.7 Å². The molecule has 0 spiro atoms. The van der Waals surface area contributed by atoms with Gasteiger partial charge < -0.3 is 14.1 Å². The Hall–Kier alpha value is -2.63. The average molecular weight is 299 g/mol.